The fourth-order valence-electron chi connectivity index (χ4n) is 2.81. The Morgan fingerprint density at radius 1 is 1.12 bits per heavy atom. The van der Waals surface area contributed by atoms with Gasteiger partial charge in [0, 0.05) is 32.7 Å². The summed E-state index contributed by atoms with van der Waals surface area (Å²) in [5, 5.41) is 0. The van der Waals surface area contributed by atoms with E-state index in [1.807, 2.05) is 0 Å². The van der Waals surface area contributed by atoms with Gasteiger partial charge in [0.25, 0.3) is 0 Å². The molecule has 2 rings (SSSR count). The number of rotatable bonds is 9. The quantitative estimate of drug-likeness (QED) is 0.509. The Morgan fingerprint density at radius 2 is 1.77 bits per heavy atom. The summed E-state index contributed by atoms with van der Waals surface area (Å²) in [6.07, 6.45) is 1.76. The van der Waals surface area contributed by atoms with Crippen molar-refractivity contribution < 1.29 is 17.9 Å². The van der Waals surface area contributed by atoms with Crippen molar-refractivity contribution >= 4 is 16.0 Å². The maximum absolute atomic E-state index is 12.3. The number of nitrogens with one attached hydrogen (secondary N) is 1. The molecule has 1 heterocycles. The highest BCUT2D eigenvalue weighted by molar-refractivity contribution is 7.89. The van der Waals surface area contributed by atoms with E-state index in [-0.39, 0.29) is 11.5 Å². The van der Waals surface area contributed by atoms with Gasteiger partial charge in [-0.15, -0.1) is 0 Å². The number of sulfonamides is 1. The third kappa shape index (κ3) is 6.35. The highest BCUT2D eigenvalue weighted by atomic mass is 32.2. The monoisotopic (exact) mass is 383 g/mol. The zero-order valence-corrected chi connectivity index (χ0v) is 16.4. The van der Waals surface area contributed by atoms with Crippen LogP contribution in [0.2, 0.25) is 0 Å². The molecule has 0 radical (unpaired) electrons. The topological polar surface area (TPSA) is 78.9 Å². The number of esters is 1. The van der Waals surface area contributed by atoms with Gasteiger partial charge in [-0.2, -0.15) is 0 Å². The summed E-state index contributed by atoms with van der Waals surface area (Å²) >= 11 is 0. The lowest BCUT2D eigenvalue weighted by molar-refractivity contribution is 0.0526. The van der Waals surface area contributed by atoms with E-state index < -0.39 is 16.0 Å². The molecule has 0 aliphatic carbocycles. The lowest BCUT2D eigenvalue weighted by atomic mass is 10.2. The van der Waals surface area contributed by atoms with Crippen LogP contribution in [0.25, 0.3) is 0 Å². The van der Waals surface area contributed by atoms with E-state index in [2.05, 4.69) is 21.6 Å². The number of benzene rings is 1. The summed E-state index contributed by atoms with van der Waals surface area (Å²) in [5.74, 6) is -0.451. The summed E-state index contributed by atoms with van der Waals surface area (Å²) in [6.45, 7) is 7.77. The Hall–Kier alpha value is -1.48. The van der Waals surface area contributed by atoms with Crippen molar-refractivity contribution in [1.29, 1.82) is 0 Å². The van der Waals surface area contributed by atoms with E-state index in [0.29, 0.717) is 12.1 Å². The summed E-state index contributed by atoms with van der Waals surface area (Å²) in [4.78, 5) is 16.5. The van der Waals surface area contributed by atoms with Gasteiger partial charge >= 0.3 is 5.97 Å². The van der Waals surface area contributed by atoms with Gasteiger partial charge in [-0.05, 0) is 57.6 Å². The van der Waals surface area contributed by atoms with E-state index >= 15 is 0 Å². The van der Waals surface area contributed by atoms with Gasteiger partial charge in [0.05, 0.1) is 17.1 Å². The molecule has 0 aromatic heterocycles. The average molecular weight is 384 g/mol. The first-order chi connectivity index (χ1) is 12.4. The zero-order chi connectivity index (χ0) is 19.0. The molecule has 1 aromatic carbocycles. The summed E-state index contributed by atoms with van der Waals surface area (Å²) in [6, 6.07) is 5.80. The maximum Gasteiger partial charge on any atom is 0.338 e. The van der Waals surface area contributed by atoms with Crippen molar-refractivity contribution in [2.45, 2.75) is 24.7 Å². The molecule has 1 saturated heterocycles. The maximum atomic E-state index is 12.3. The zero-order valence-electron chi connectivity index (χ0n) is 15.6. The Bertz CT molecular complexity index is 668. The smallest absolute Gasteiger partial charge is 0.338 e. The van der Waals surface area contributed by atoms with E-state index in [0.717, 1.165) is 45.6 Å². The van der Waals surface area contributed by atoms with Gasteiger partial charge in [-0.25, -0.2) is 17.9 Å². The third-order valence-corrected chi connectivity index (χ3v) is 5.94. The number of hydrogen-bond donors (Lipinski definition) is 1. The highest BCUT2D eigenvalue weighted by Gasteiger charge is 2.16. The second-order valence-electron chi connectivity index (χ2n) is 6.49. The minimum atomic E-state index is -3.55. The fraction of sp³-hybridized carbons (Fsp3) is 0.611. The van der Waals surface area contributed by atoms with Gasteiger partial charge < -0.3 is 14.5 Å². The van der Waals surface area contributed by atoms with Gasteiger partial charge in [-0.1, -0.05) is 0 Å². The van der Waals surface area contributed by atoms with E-state index in [9.17, 15) is 13.2 Å². The van der Waals surface area contributed by atoms with Gasteiger partial charge in [-0.3, -0.25) is 0 Å². The Morgan fingerprint density at radius 3 is 2.38 bits per heavy atom. The second kappa shape index (κ2) is 10.0. The molecule has 146 valence electrons. The number of unbranched alkanes of at least 4 members (excludes halogenated alkanes) is 1. The largest absolute Gasteiger partial charge is 0.462 e. The summed E-state index contributed by atoms with van der Waals surface area (Å²) in [7, 11) is -1.42. The predicted molar refractivity (Wildman–Crippen MR) is 101 cm³/mol. The molecule has 0 amide bonds. The first-order valence-corrected chi connectivity index (χ1v) is 10.6. The molecule has 0 spiro atoms. The molecule has 26 heavy (non-hydrogen) atoms. The van der Waals surface area contributed by atoms with Crippen molar-refractivity contribution in [2.24, 2.45) is 0 Å². The van der Waals surface area contributed by atoms with Gasteiger partial charge in [0.15, 0.2) is 0 Å². The number of hydrogen-bond acceptors (Lipinski definition) is 6. The highest BCUT2D eigenvalue weighted by Crippen LogP contribution is 2.11. The first-order valence-electron chi connectivity index (χ1n) is 9.10. The van der Waals surface area contributed by atoms with Crippen molar-refractivity contribution in [3.05, 3.63) is 29.8 Å². The molecule has 0 atom stereocenters. The van der Waals surface area contributed by atoms with Crippen molar-refractivity contribution in [3.63, 3.8) is 0 Å². The van der Waals surface area contributed by atoms with Crippen LogP contribution in [-0.2, 0) is 14.8 Å². The van der Waals surface area contributed by atoms with Crippen molar-refractivity contribution in [2.75, 3.05) is 52.9 Å². The van der Waals surface area contributed by atoms with Crippen molar-refractivity contribution in [1.82, 2.24) is 14.5 Å². The molecule has 0 bridgehead atoms. The SMILES string of the molecule is CCOC(=O)c1ccc(S(=O)(=O)NCCCCN2CCN(C)CC2)cc1. The molecule has 1 N–H and O–H groups in total. The van der Waals surface area contributed by atoms with E-state index in [4.69, 9.17) is 4.74 Å². The molecular formula is C18H29N3O4S. The normalized spacial score (nSPS) is 16.5. The van der Waals surface area contributed by atoms with Gasteiger partial charge in [0.2, 0.25) is 10.0 Å². The Balaban J connectivity index is 1.73. The molecule has 8 heteroatoms. The molecule has 0 unspecified atom stereocenters. The van der Waals surface area contributed by atoms with E-state index in [1.165, 1.54) is 24.3 Å². The molecule has 1 aromatic rings. The Kier molecular flexibility index (Phi) is 8.02. The molecule has 7 nitrogen and oxygen atoms in total. The van der Waals surface area contributed by atoms with Crippen LogP contribution in [0, 0.1) is 0 Å². The number of ether oxygens (including phenoxy) is 1. The van der Waals surface area contributed by atoms with Crippen LogP contribution in [0.1, 0.15) is 30.1 Å². The second-order valence-corrected chi connectivity index (χ2v) is 8.26. The number of nitrogens with zero attached hydrogens (tertiary/aromatic N) is 2. The van der Waals surface area contributed by atoms with Crippen LogP contribution in [0.4, 0.5) is 0 Å². The Labute approximate surface area is 156 Å². The third-order valence-electron chi connectivity index (χ3n) is 4.46. The van der Waals surface area contributed by atoms with Crippen LogP contribution in [-0.4, -0.2) is 77.1 Å². The minimum absolute atomic E-state index is 0.157. The fourth-order valence-corrected chi connectivity index (χ4v) is 3.88. The van der Waals surface area contributed by atoms with Crippen LogP contribution in [0.15, 0.2) is 29.2 Å². The lowest BCUT2D eigenvalue weighted by Crippen LogP contribution is -2.44. The average Bonchev–Trinajstić information content (AvgIpc) is 2.63. The van der Waals surface area contributed by atoms with Crippen LogP contribution in [0.3, 0.4) is 0 Å². The first kappa shape index (κ1) is 20.8. The van der Waals surface area contributed by atoms with Gasteiger partial charge in [0.1, 0.15) is 0 Å². The molecule has 1 aliphatic heterocycles. The minimum Gasteiger partial charge on any atom is -0.462 e. The van der Waals surface area contributed by atoms with E-state index in [1.54, 1.807) is 6.92 Å². The standard InChI is InChI=1S/C18H29N3O4S/c1-3-25-18(22)16-6-8-17(9-7-16)26(23,24)19-10-4-5-11-21-14-12-20(2)13-15-21/h6-9,19H,3-5,10-15H2,1-2H3. The number of piperazine rings is 1. The molecule has 1 fully saturated rings. The number of carbonyl (C=O) groups excluding carboxylic acids is 1. The van der Waals surface area contributed by atoms with Crippen molar-refractivity contribution in [3.8, 4) is 0 Å². The number of carbonyl (C=O) groups is 1. The molecule has 0 saturated carbocycles. The predicted octanol–water partition coefficient (Wildman–Crippen LogP) is 1.17. The lowest BCUT2D eigenvalue weighted by Gasteiger charge is -2.32. The summed E-state index contributed by atoms with van der Waals surface area (Å²) < 4.78 is 32.1. The van der Waals surface area contributed by atoms with Crippen LogP contribution in [0.5, 0.6) is 0 Å². The summed E-state index contributed by atoms with van der Waals surface area (Å²) in [5.41, 5.74) is 0.345. The molecule has 1 aliphatic rings. The molecular weight excluding hydrogens is 354 g/mol. The number of likely N-dealkylation sites (N-methyl/N-ethyl adjacent to an activating group) is 1. The van der Waals surface area contributed by atoms with Crippen LogP contribution < -0.4 is 4.72 Å². The van der Waals surface area contributed by atoms with Crippen LogP contribution >= 0.6 is 0 Å².